The number of hydrogen-bond acceptors (Lipinski definition) is 4. The molecule has 3 aromatic carbocycles. The molecule has 0 aliphatic carbocycles. The Kier molecular flexibility index (Phi) is 4.65. The molecule has 0 spiro atoms. The normalized spacial score (nSPS) is 16.2. The topological polar surface area (TPSA) is 47.9 Å². The Morgan fingerprint density at radius 3 is 2.50 bits per heavy atom. The molecule has 0 bridgehead atoms. The van der Waals surface area contributed by atoms with Crippen LogP contribution in [0.25, 0.3) is 16.8 Å². The molecular formula is C23H18FNO3. The van der Waals surface area contributed by atoms with Crippen molar-refractivity contribution in [2.24, 2.45) is 4.99 Å². The van der Waals surface area contributed by atoms with E-state index < -0.39 is 5.97 Å². The second-order valence-corrected chi connectivity index (χ2v) is 6.61. The molecular weight excluding hydrogens is 357 g/mol. The van der Waals surface area contributed by atoms with Crippen molar-refractivity contribution in [3.05, 3.63) is 83.3 Å². The number of halogens is 1. The van der Waals surface area contributed by atoms with Crippen molar-refractivity contribution >= 4 is 28.7 Å². The van der Waals surface area contributed by atoms with Crippen molar-refractivity contribution in [3.63, 3.8) is 0 Å². The van der Waals surface area contributed by atoms with Gasteiger partial charge in [-0.1, -0.05) is 36.4 Å². The van der Waals surface area contributed by atoms with Crippen LogP contribution >= 0.6 is 0 Å². The Labute approximate surface area is 161 Å². The van der Waals surface area contributed by atoms with E-state index >= 15 is 0 Å². The van der Waals surface area contributed by atoms with Crippen molar-refractivity contribution in [1.29, 1.82) is 0 Å². The second-order valence-electron chi connectivity index (χ2n) is 6.61. The Bertz CT molecular complexity index is 1120. The predicted molar refractivity (Wildman–Crippen MR) is 107 cm³/mol. The van der Waals surface area contributed by atoms with E-state index in [1.807, 2.05) is 37.3 Å². The molecule has 28 heavy (non-hydrogen) atoms. The number of carbonyl (C=O) groups is 1. The summed E-state index contributed by atoms with van der Waals surface area (Å²) in [6, 6.07) is 17.8. The van der Waals surface area contributed by atoms with Gasteiger partial charge >= 0.3 is 5.97 Å². The van der Waals surface area contributed by atoms with Crippen LogP contribution in [0, 0.1) is 5.82 Å². The Balaban J connectivity index is 1.62. The lowest BCUT2D eigenvalue weighted by Crippen LogP contribution is -2.11. The maximum atomic E-state index is 13.0. The predicted octanol–water partition coefficient (Wildman–Crippen LogP) is 5.09. The molecule has 0 saturated carbocycles. The van der Waals surface area contributed by atoms with Gasteiger partial charge in [-0.05, 0) is 59.2 Å². The van der Waals surface area contributed by atoms with Crippen LogP contribution in [-0.4, -0.2) is 19.0 Å². The van der Waals surface area contributed by atoms with Crippen molar-refractivity contribution in [2.45, 2.75) is 12.8 Å². The standard InChI is InChI=1S/C23H18FNO3/c1-14(16-5-6-18-13-20(27-2)10-7-17(18)12-16)22-25-21(23(26)28-22)11-15-3-8-19(24)9-4-15/h3-14H,1-2H3/b21-11+. The number of esters is 1. The van der Waals surface area contributed by atoms with Crippen LogP contribution in [0.1, 0.15) is 24.0 Å². The third-order valence-electron chi connectivity index (χ3n) is 4.75. The number of cyclic esters (lactones) is 1. The molecule has 0 aromatic heterocycles. The number of carbonyl (C=O) groups excluding carboxylic acids is 1. The number of fused-ring (bicyclic) bond motifs is 1. The van der Waals surface area contributed by atoms with Gasteiger partial charge in [0.05, 0.1) is 13.0 Å². The van der Waals surface area contributed by atoms with E-state index in [0.717, 1.165) is 22.1 Å². The Morgan fingerprint density at radius 1 is 1.04 bits per heavy atom. The number of nitrogens with zero attached hydrogens (tertiary/aromatic N) is 1. The van der Waals surface area contributed by atoms with E-state index in [4.69, 9.17) is 9.47 Å². The average molecular weight is 375 g/mol. The second kappa shape index (κ2) is 7.27. The van der Waals surface area contributed by atoms with Crippen molar-refractivity contribution in [2.75, 3.05) is 7.11 Å². The summed E-state index contributed by atoms with van der Waals surface area (Å²) >= 11 is 0. The van der Waals surface area contributed by atoms with Crippen LogP contribution in [0.3, 0.4) is 0 Å². The number of ether oxygens (including phenoxy) is 2. The molecule has 0 radical (unpaired) electrons. The summed E-state index contributed by atoms with van der Waals surface area (Å²) in [4.78, 5) is 16.5. The summed E-state index contributed by atoms with van der Waals surface area (Å²) in [5, 5.41) is 2.13. The molecule has 3 aromatic rings. The maximum Gasteiger partial charge on any atom is 0.363 e. The molecule has 0 saturated heterocycles. The number of aliphatic imine (C=N–C) groups is 1. The maximum absolute atomic E-state index is 13.0. The fraction of sp³-hybridized carbons (Fsp3) is 0.130. The van der Waals surface area contributed by atoms with Crippen molar-refractivity contribution < 1.29 is 18.7 Å². The minimum atomic E-state index is -0.503. The minimum absolute atomic E-state index is 0.186. The molecule has 4 nitrogen and oxygen atoms in total. The first kappa shape index (κ1) is 17.9. The van der Waals surface area contributed by atoms with Crippen LogP contribution in [0.5, 0.6) is 5.75 Å². The summed E-state index contributed by atoms with van der Waals surface area (Å²) in [7, 11) is 1.64. The molecule has 0 fully saturated rings. The van der Waals surface area contributed by atoms with Crippen LogP contribution in [-0.2, 0) is 9.53 Å². The molecule has 140 valence electrons. The van der Waals surface area contributed by atoms with Crippen LogP contribution in [0.15, 0.2) is 71.4 Å². The Morgan fingerprint density at radius 2 is 1.75 bits per heavy atom. The lowest BCUT2D eigenvalue weighted by molar-refractivity contribution is -0.130. The lowest BCUT2D eigenvalue weighted by atomic mass is 9.97. The van der Waals surface area contributed by atoms with Gasteiger partial charge < -0.3 is 9.47 Å². The first-order chi connectivity index (χ1) is 13.5. The zero-order valence-electron chi connectivity index (χ0n) is 15.5. The van der Waals surface area contributed by atoms with Crippen LogP contribution in [0.2, 0.25) is 0 Å². The number of methoxy groups -OCH3 is 1. The zero-order valence-corrected chi connectivity index (χ0v) is 15.5. The highest BCUT2D eigenvalue weighted by Crippen LogP contribution is 2.28. The minimum Gasteiger partial charge on any atom is -0.497 e. The van der Waals surface area contributed by atoms with E-state index in [9.17, 15) is 9.18 Å². The molecule has 1 unspecified atom stereocenters. The lowest BCUT2D eigenvalue weighted by Gasteiger charge is -2.12. The first-order valence-electron chi connectivity index (χ1n) is 8.89. The third-order valence-corrected chi connectivity index (χ3v) is 4.75. The highest BCUT2D eigenvalue weighted by atomic mass is 19.1. The largest absolute Gasteiger partial charge is 0.497 e. The van der Waals surface area contributed by atoms with Gasteiger partial charge in [0.15, 0.2) is 5.70 Å². The molecule has 0 N–H and O–H groups in total. The molecule has 0 amide bonds. The summed E-state index contributed by atoms with van der Waals surface area (Å²) in [5.74, 6) is 0.137. The van der Waals surface area contributed by atoms with Crippen molar-refractivity contribution in [1.82, 2.24) is 0 Å². The summed E-state index contributed by atoms with van der Waals surface area (Å²) in [6.45, 7) is 1.94. The summed E-state index contributed by atoms with van der Waals surface area (Å²) < 4.78 is 23.7. The molecule has 4 rings (SSSR count). The highest BCUT2D eigenvalue weighted by molar-refractivity contribution is 6.09. The molecule has 1 heterocycles. The average Bonchev–Trinajstić information content (AvgIpc) is 3.08. The monoisotopic (exact) mass is 375 g/mol. The van der Waals surface area contributed by atoms with E-state index in [1.165, 1.54) is 12.1 Å². The molecule has 1 atom stereocenters. The van der Waals surface area contributed by atoms with E-state index in [-0.39, 0.29) is 17.4 Å². The van der Waals surface area contributed by atoms with Gasteiger partial charge in [-0.2, -0.15) is 0 Å². The van der Waals surface area contributed by atoms with Gasteiger partial charge in [0.2, 0.25) is 5.90 Å². The molecule has 1 aliphatic heterocycles. The fourth-order valence-corrected chi connectivity index (χ4v) is 3.11. The van der Waals surface area contributed by atoms with Gasteiger partial charge in [0.25, 0.3) is 0 Å². The summed E-state index contributed by atoms with van der Waals surface area (Å²) in [6.07, 6.45) is 1.59. The SMILES string of the molecule is COc1ccc2cc(C(C)C3=N/C(=C/c4ccc(F)cc4)C(=O)O3)ccc2c1. The smallest absolute Gasteiger partial charge is 0.363 e. The van der Waals surface area contributed by atoms with Crippen molar-refractivity contribution in [3.8, 4) is 5.75 Å². The van der Waals surface area contributed by atoms with E-state index in [1.54, 1.807) is 25.3 Å². The third kappa shape index (κ3) is 3.51. The molecule has 5 heteroatoms. The van der Waals surface area contributed by atoms with Gasteiger partial charge in [-0.15, -0.1) is 0 Å². The fourth-order valence-electron chi connectivity index (χ4n) is 3.11. The number of hydrogen-bond donors (Lipinski definition) is 0. The van der Waals surface area contributed by atoms with Crippen LogP contribution < -0.4 is 4.74 Å². The van der Waals surface area contributed by atoms with Gasteiger partial charge in [-0.3, -0.25) is 0 Å². The summed E-state index contributed by atoms with van der Waals surface area (Å²) in [5.41, 5.74) is 1.89. The first-order valence-corrected chi connectivity index (χ1v) is 8.89. The number of benzene rings is 3. The van der Waals surface area contributed by atoms with Gasteiger partial charge in [0.1, 0.15) is 11.6 Å². The quantitative estimate of drug-likeness (QED) is 0.471. The highest BCUT2D eigenvalue weighted by Gasteiger charge is 2.27. The molecule has 1 aliphatic rings. The van der Waals surface area contributed by atoms with Gasteiger partial charge in [0, 0.05) is 0 Å². The van der Waals surface area contributed by atoms with E-state index in [0.29, 0.717) is 11.5 Å². The van der Waals surface area contributed by atoms with Gasteiger partial charge in [-0.25, -0.2) is 14.2 Å². The van der Waals surface area contributed by atoms with E-state index in [2.05, 4.69) is 11.1 Å². The zero-order chi connectivity index (χ0) is 19.7. The Hall–Kier alpha value is -3.47. The number of rotatable bonds is 4. The van der Waals surface area contributed by atoms with Crippen LogP contribution in [0.4, 0.5) is 4.39 Å².